The minimum absolute atomic E-state index is 0.0790. The first-order valence-electron chi connectivity index (χ1n) is 10.3. The van der Waals surface area contributed by atoms with Crippen LogP contribution in [0.2, 0.25) is 0 Å². The second kappa shape index (κ2) is 10.5. The van der Waals surface area contributed by atoms with E-state index in [-0.39, 0.29) is 17.5 Å². The van der Waals surface area contributed by atoms with E-state index in [1.54, 1.807) is 23.1 Å². The van der Waals surface area contributed by atoms with Crippen molar-refractivity contribution in [2.75, 3.05) is 13.1 Å². The van der Waals surface area contributed by atoms with Gasteiger partial charge in [0, 0.05) is 16.6 Å². The van der Waals surface area contributed by atoms with Gasteiger partial charge in [-0.15, -0.1) is 0 Å². The monoisotopic (exact) mass is 470 g/mol. The summed E-state index contributed by atoms with van der Waals surface area (Å²) >= 11 is 3.41. The molecule has 6 nitrogen and oxygen atoms in total. The van der Waals surface area contributed by atoms with Gasteiger partial charge >= 0.3 is 0 Å². The fraction of sp³-hybridized carbons (Fsp3) is 0.348. The van der Waals surface area contributed by atoms with Crippen LogP contribution in [-0.4, -0.2) is 33.9 Å². The molecule has 30 heavy (non-hydrogen) atoms. The van der Waals surface area contributed by atoms with Gasteiger partial charge in [-0.25, -0.2) is 4.98 Å². The van der Waals surface area contributed by atoms with Crippen molar-refractivity contribution < 1.29 is 4.79 Å². The van der Waals surface area contributed by atoms with Crippen LogP contribution < -0.4 is 11.3 Å². The molecule has 0 aliphatic rings. The van der Waals surface area contributed by atoms with Crippen molar-refractivity contribution in [3.05, 3.63) is 74.7 Å². The van der Waals surface area contributed by atoms with Gasteiger partial charge in [-0.1, -0.05) is 40.9 Å². The van der Waals surface area contributed by atoms with Gasteiger partial charge in [0.1, 0.15) is 5.82 Å². The Bertz CT molecular complexity index is 1050. The average molecular weight is 471 g/mol. The number of unbranched alkanes of at least 4 members (excludes halogenated alkanes) is 3. The maximum Gasteiger partial charge on any atom is 0.258 e. The number of amides is 1. The van der Waals surface area contributed by atoms with Gasteiger partial charge in [0.2, 0.25) is 0 Å². The SMILES string of the molecule is CC(c1nc2ccccc2c(=O)[nH]1)N(CCCCCCN)C(=O)c1ccc(Br)cc1. The summed E-state index contributed by atoms with van der Waals surface area (Å²) in [5.74, 6) is 0.413. The van der Waals surface area contributed by atoms with E-state index < -0.39 is 0 Å². The number of hydrogen-bond acceptors (Lipinski definition) is 4. The number of hydrogen-bond donors (Lipinski definition) is 2. The lowest BCUT2D eigenvalue weighted by Gasteiger charge is -2.29. The maximum atomic E-state index is 13.3. The van der Waals surface area contributed by atoms with Crippen LogP contribution in [0.15, 0.2) is 57.8 Å². The number of nitrogens with two attached hydrogens (primary N) is 1. The molecule has 0 spiro atoms. The quantitative estimate of drug-likeness (QED) is 0.453. The van der Waals surface area contributed by atoms with Crippen molar-refractivity contribution in [1.82, 2.24) is 14.9 Å². The third-order valence-corrected chi connectivity index (χ3v) is 5.73. The number of benzene rings is 2. The van der Waals surface area contributed by atoms with Crippen LogP contribution in [0.5, 0.6) is 0 Å². The molecule has 1 unspecified atom stereocenters. The number of nitrogens with zero attached hydrogens (tertiary/aromatic N) is 2. The highest BCUT2D eigenvalue weighted by atomic mass is 79.9. The Kier molecular flexibility index (Phi) is 7.76. The Labute approximate surface area is 184 Å². The van der Waals surface area contributed by atoms with Crippen LogP contribution in [0.3, 0.4) is 0 Å². The van der Waals surface area contributed by atoms with E-state index in [1.165, 1.54) is 0 Å². The third kappa shape index (κ3) is 5.34. The van der Waals surface area contributed by atoms with Crippen molar-refractivity contribution in [1.29, 1.82) is 0 Å². The second-order valence-corrected chi connectivity index (χ2v) is 8.27. The highest BCUT2D eigenvalue weighted by Gasteiger charge is 2.24. The topological polar surface area (TPSA) is 92.1 Å². The van der Waals surface area contributed by atoms with Gasteiger partial charge in [-0.3, -0.25) is 9.59 Å². The van der Waals surface area contributed by atoms with Crippen LogP contribution in [0.1, 0.15) is 54.8 Å². The van der Waals surface area contributed by atoms with E-state index in [1.807, 2.05) is 37.3 Å². The number of rotatable bonds is 9. The normalized spacial score (nSPS) is 12.1. The molecule has 0 fully saturated rings. The lowest BCUT2D eigenvalue weighted by molar-refractivity contribution is 0.0679. The van der Waals surface area contributed by atoms with E-state index in [4.69, 9.17) is 5.73 Å². The molecule has 3 rings (SSSR count). The lowest BCUT2D eigenvalue weighted by Crippen LogP contribution is -2.36. The maximum absolute atomic E-state index is 13.3. The zero-order valence-corrected chi connectivity index (χ0v) is 18.7. The molecular formula is C23H27BrN4O2. The van der Waals surface area contributed by atoms with Crippen LogP contribution in [0.25, 0.3) is 10.9 Å². The van der Waals surface area contributed by atoms with E-state index >= 15 is 0 Å². The molecule has 1 heterocycles. The van der Waals surface area contributed by atoms with Gasteiger partial charge < -0.3 is 15.6 Å². The molecular weight excluding hydrogens is 444 g/mol. The number of carbonyl (C=O) groups excluding carboxylic acids is 1. The molecule has 0 saturated carbocycles. The first-order chi connectivity index (χ1) is 14.5. The molecule has 158 valence electrons. The highest BCUT2D eigenvalue weighted by molar-refractivity contribution is 9.10. The molecule has 0 radical (unpaired) electrons. The molecule has 1 atom stereocenters. The molecule has 3 N–H and O–H groups in total. The number of aromatic nitrogens is 2. The molecule has 2 aromatic carbocycles. The van der Waals surface area contributed by atoms with Gasteiger partial charge in [0.05, 0.1) is 16.9 Å². The molecule has 7 heteroatoms. The fourth-order valence-corrected chi connectivity index (χ4v) is 3.72. The van der Waals surface area contributed by atoms with Gasteiger partial charge in [-0.2, -0.15) is 0 Å². The van der Waals surface area contributed by atoms with Gasteiger partial charge in [0.25, 0.3) is 11.5 Å². The van der Waals surface area contributed by atoms with Crippen LogP contribution in [0, 0.1) is 0 Å². The predicted octanol–water partition coefficient (Wildman–Crippen LogP) is 4.41. The van der Waals surface area contributed by atoms with Crippen molar-refractivity contribution in [3.63, 3.8) is 0 Å². The van der Waals surface area contributed by atoms with E-state index in [0.29, 0.717) is 35.4 Å². The Morgan fingerprint density at radius 2 is 1.80 bits per heavy atom. The van der Waals surface area contributed by atoms with Crippen molar-refractivity contribution in [2.45, 2.75) is 38.6 Å². The van der Waals surface area contributed by atoms with Gasteiger partial charge in [0.15, 0.2) is 0 Å². The zero-order chi connectivity index (χ0) is 21.5. The number of fused-ring (bicyclic) bond motifs is 1. The van der Waals surface area contributed by atoms with Crippen molar-refractivity contribution >= 4 is 32.7 Å². The Hall–Kier alpha value is -2.51. The highest BCUT2D eigenvalue weighted by Crippen LogP contribution is 2.22. The zero-order valence-electron chi connectivity index (χ0n) is 17.1. The second-order valence-electron chi connectivity index (χ2n) is 7.35. The Morgan fingerprint density at radius 1 is 1.10 bits per heavy atom. The van der Waals surface area contributed by atoms with Crippen LogP contribution >= 0.6 is 15.9 Å². The number of carbonyl (C=O) groups is 1. The minimum Gasteiger partial charge on any atom is -0.330 e. The number of H-pyrrole nitrogens is 1. The average Bonchev–Trinajstić information content (AvgIpc) is 2.76. The first-order valence-corrected chi connectivity index (χ1v) is 11.1. The molecule has 1 amide bonds. The first kappa shape index (κ1) is 22.2. The summed E-state index contributed by atoms with van der Waals surface area (Å²) in [6.07, 6.45) is 3.88. The lowest BCUT2D eigenvalue weighted by atomic mass is 10.1. The molecule has 0 aliphatic carbocycles. The summed E-state index contributed by atoms with van der Waals surface area (Å²) in [5, 5.41) is 0.543. The van der Waals surface area contributed by atoms with E-state index in [2.05, 4.69) is 25.9 Å². The predicted molar refractivity (Wildman–Crippen MR) is 123 cm³/mol. The molecule has 0 saturated heterocycles. The minimum atomic E-state index is -0.368. The fourth-order valence-electron chi connectivity index (χ4n) is 3.46. The summed E-state index contributed by atoms with van der Waals surface area (Å²) < 4.78 is 0.918. The number of nitrogens with one attached hydrogen (secondary N) is 1. The van der Waals surface area contributed by atoms with Gasteiger partial charge in [-0.05, 0) is 62.7 Å². The molecule has 3 aromatic rings. The van der Waals surface area contributed by atoms with Crippen molar-refractivity contribution in [2.24, 2.45) is 5.73 Å². The number of halogens is 1. The summed E-state index contributed by atoms with van der Waals surface area (Å²) in [4.78, 5) is 35.1. The van der Waals surface area contributed by atoms with Crippen LogP contribution in [-0.2, 0) is 0 Å². The largest absolute Gasteiger partial charge is 0.330 e. The third-order valence-electron chi connectivity index (χ3n) is 5.20. The van der Waals surface area contributed by atoms with Crippen LogP contribution in [0.4, 0.5) is 0 Å². The molecule has 0 bridgehead atoms. The molecule has 0 aliphatic heterocycles. The Morgan fingerprint density at radius 3 is 2.53 bits per heavy atom. The summed E-state index contributed by atoms with van der Waals surface area (Å²) in [6, 6.07) is 14.2. The number of para-hydroxylation sites is 1. The van der Waals surface area contributed by atoms with E-state index in [0.717, 1.165) is 30.2 Å². The number of aromatic amines is 1. The van der Waals surface area contributed by atoms with E-state index in [9.17, 15) is 9.59 Å². The molecule has 1 aromatic heterocycles. The van der Waals surface area contributed by atoms with Crippen molar-refractivity contribution in [3.8, 4) is 0 Å². The smallest absolute Gasteiger partial charge is 0.258 e. The summed E-state index contributed by atoms with van der Waals surface area (Å²) in [5.41, 5.74) is 6.62. The summed E-state index contributed by atoms with van der Waals surface area (Å²) in [7, 11) is 0. The standard InChI is InChI=1S/C23H27BrN4O2/c1-16(21-26-20-9-5-4-8-19(20)22(29)27-21)28(15-7-3-2-6-14-25)23(30)17-10-12-18(24)13-11-17/h4-5,8-13,16H,2-3,6-7,14-15,25H2,1H3,(H,26,27,29). The summed E-state index contributed by atoms with van der Waals surface area (Å²) in [6.45, 7) is 3.17. The Balaban J connectivity index is 1.88.